The summed E-state index contributed by atoms with van der Waals surface area (Å²) in [5, 5.41) is 3.31. The predicted octanol–water partition coefficient (Wildman–Crippen LogP) is 4.83. The van der Waals surface area contributed by atoms with E-state index in [4.69, 9.17) is 39.5 Å². The monoisotopic (exact) mass is 410 g/mol. The van der Waals surface area contributed by atoms with Gasteiger partial charge in [0.1, 0.15) is 16.5 Å². The van der Waals surface area contributed by atoms with Crippen LogP contribution in [0.2, 0.25) is 10.0 Å². The highest BCUT2D eigenvalue weighted by Crippen LogP contribution is 2.36. The van der Waals surface area contributed by atoms with Crippen molar-refractivity contribution in [2.75, 3.05) is 16.8 Å². The zero-order valence-electron chi connectivity index (χ0n) is 13.6. The minimum atomic E-state index is -0.633. The summed E-state index contributed by atoms with van der Waals surface area (Å²) in [7, 11) is 0. The summed E-state index contributed by atoms with van der Waals surface area (Å²) in [6.07, 6.45) is 0. The Morgan fingerprint density at radius 3 is 2.42 bits per heavy atom. The van der Waals surface area contributed by atoms with E-state index in [0.29, 0.717) is 33.8 Å². The molecule has 0 unspecified atom stereocenters. The molecule has 1 aliphatic rings. The van der Waals surface area contributed by atoms with Crippen LogP contribution in [0.5, 0.6) is 5.75 Å². The molecular weight excluding hydrogens is 399 g/mol. The highest BCUT2D eigenvalue weighted by atomic mass is 35.5. The third-order valence-electron chi connectivity index (χ3n) is 3.62. The first-order valence-corrected chi connectivity index (χ1v) is 8.80. The van der Waals surface area contributed by atoms with E-state index < -0.39 is 11.8 Å². The summed E-state index contributed by atoms with van der Waals surface area (Å²) in [5.74, 6) is -0.804. The second-order valence-electron chi connectivity index (χ2n) is 5.29. The first-order chi connectivity index (χ1) is 12.4. The van der Waals surface area contributed by atoms with Gasteiger partial charge >= 0.3 is 0 Å². The van der Waals surface area contributed by atoms with E-state index in [9.17, 15) is 9.59 Å². The molecule has 0 bridgehead atoms. The van der Waals surface area contributed by atoms with Crippen molar-refractivity contribution in [1.82, 2.24) is 0 Å². The van der Waals surface area contributed by atoms with Crippen LogP contribution < -0.4 is 15.0 Å². The fourth-order valence-electron chi connectivity index (χ4n) is 2.47. The van der Waals surface area contributed by atoms with E-state index in [1.165, 1.54) is 6.07 Å². The van der Waals surface area contributed by atoms with Crippen LogP contribution >= 0.6 is 34.8 Å². The van der Waals surface area contributed by atoms with E-state index in [1.54, 1.807) is 36.4 Å². The summed E-state index contributed by atoms with van der Waals surface area (Å²) < 4.78 is 5.50. The predicted molar refractivity (Wildman–Crippen MR) is 103 cm³/mol. The number of hydrogen-bond acceptors (Lipinski definition) is 4. The molecule has 0 atom stereocenters. The normalized spacial score (nSPS) is 14.2. The largest absolute Gasteiger partial charge is 0.492 e. The maximum Gasteiger partial charge on any atom is 0.283 e. The van der Waals surface area contributed by atoms with Crippen molar-refractivity contribution >= 4 is 58.0 Å². The average molecular weight is 412 g/mol. The number of imide groups is 1. The molecule has 2 amide bonds. The zero-order valence-corrected chi connectivity index (χ0v) is 15.8. The maximum atomic E-state index is 12.8. The lowest BCUT2D eigenvalue weighted by Crippen LogP contribution is -2.32. The number of benzene rings is 2. The van der Waals surface area contributed by atoms with Gasteiger partial charge < -0.3 is 10.1 Å². The molecule has 8 heteroatoms. The van der Waals surface area contributed by atoms with Gasteiger partial charge in [-0.2, -0.15) is 0 Å². The van der Waals surface area contributed by atoms with E-state index in [1.807, 2.05) is 6.92 Å². The number of para-hydroxylation sites is 2. The Morgan fingerprint density at radius 1 is 1.00 bits per heavy atom. The number of carbonyl (C=O) groups is 2. The maximum absolute atomic E-state index is 12.8. The van der Waals surface area contributed by atoms with Gasteiger partial charge in [0.15, 0.2) is 0 Å². The fraction of sp³-hybridized carbons (Fsp3) is 0.111. The quantitative estimate of drug-likeness (QED) is 0.716. The van der Waals surface area contributed by atoms with Crippen molar-refractivity contribution in [1.29, 1.82) is 0 Å². The van der Waals surface area contributed by atoms with Crippen LogP contribution in [-0.2, 0) is 9.59 Å². The van der Waals surface area contributed by atoms with Crippen LogP contribution in [0.25, 0.3) is 0 Å². The van der Waals surface area contributed by atoms with Gasteiger partial charge in [0.25, 0.3) is 11.8 Å². The lowest BCUT2D eigenvalue weighted by molar-refractivity contribution is -0.120. The molecule has 134 valence electrons. The highest BCUT2D eigenvalue weighted by molar-refractivity contribution is 6.53. The molecular formula is C18H13Cl3N2O3. The van der Waals surface area contributed by atoms with Crippen LogP contribution in [0.15, 0.2) is 53.2 Å². The molecule has 0 radical (unpaired) electrons. The molecule has 1 N–H and O–H groups in total. The van der Waals surface area contributed by atoms with Crippen molar-refractivity contribution < 1.29 is 14.3 Å². The van der Waals surface area contributed by atoms with E-state index in [2.05, 4.69) is 5.32 Å². The zero-order chi connectivity index (χ0) is 18.8. The molecule has 0 saturated heterocycles. The molecule has 0 fully saturated rings. The number of nitrogens with zero attached hydrogens (tertiary/aromatic N) is 1. The van der Waals surface area contributed by atoms with Gasteiger partial charge in [-0.1, -0.05) is 46.9 Å². The van der Waals surface area contributed by atoms with Gasteiger partial charge in [0.05, 0.1) is 22.3 Å². The minimum absolute atomic E-state index is 0.0404. The lowest BCUT2D eigenvalue weighted by atomic mass is 10.2. The molecule has 26 heavy (non-hydrogen) atoms. The van der Waals surface area contributed by atoms with E-state index in [0.717, 1.165) is 4.90 Å². The molecule has 0 aromatic heterocycles. The van der Waals surface area contributed by atoms with Crippen LogP contribution in [0, 0.1) is 0 Å². The molecule has 2 aromatic carbocycles. The van der Waals surface area contributed by atoms with Gasteiger partial charge in [-0.15, -0.1) is 0 Å². The number of nitrogens with one attached hydrogen (secondary N) is 1. The van der Waals surface area contributed by atoms with Crippen LogP contribution in [-0.4, -0.2) is 18.4 Å². The van der Waals surface area contributed by atoms with Crippen molar-refractivity contribution in [3.05, 3.63) is 63.2 Å². The third-order valence-corrected chi connectivity index (χ3v) is 4.71. The molecule has 2 aromatic rings. The standard InChI is InChI=1S/C18H13Cl3N2O3/c1-2-26-14-6-4-3-5-13(14)23-17(24)15(21)16(18(23)25)22-10-7-8-11(19)12(20)9-10/h3-9,22H,2H2,1H3. The van der Waals surface area contributed by atoms with Gasteiger partial charge in [0, 0.05) is 5.69 Å². The Balaban J connectivity index is 1.94. The van der Waals surface area contributed by atoms with E-state index >= 15 is 0 Å². The summed E-state index contributed by atoms with van der Waals surface area (Å²) in [5.41, 5.74) is 0.767. The van der Waals surface area contributed by atoms with Gasteiger partial charge in [-0.05, 0) is 37.3 Å². The molecule has 1 heterocycles. The number of rotatable bonds is 5. The number of ether oxygens (including phenoxy) is 1. The first kappa shape index (κ1) is 18.6. The number of halogens is 3. The number of carbonyl (C=O) groups excluding carboxylic acids is 2. The SMILES string of the molecule is CCOc1ccccc1N1C(=O)C(Cl)=C(Nc2ccc(Cl)c(Cl)c2)C1=O. The van der Waals surface area contributed by atoms with Crippen molar-refractivity contribution in [3.63, 3.8) is 0 Å². The summed E-state index contributed by atoms with van der Waals surface area (Å²) in [6.45, 7) is 2.20. The molecule has 5 nitrogen and oxygen atoms in total. The van der Waals surface area contributed by atoms with Crippen LogP contribution in [0.4, 0.5) is 11.4 Å². The Labute approximate surface area is 165 Å². The Morgan fingerprint density at radius 2 is 1.73 bits per heavy atom. The van der Waals surface area contributed by atoms with Gasteiger partial charge in [0.2, 0.25) is 0 Å². The van der Waals surface area contributed by atoms with Crippen molar-refractivity contribution in [2.45, 2.75) is 6.92 Å². The minimum Gasteiger partial charge on any atom is -0.492 e. The molecule has 3 rings (SSSR count). The lowest BCUT2D eigenvalue weighted by Gasteiger charge is -2.18. The second kappa shape index (κ2) is 7.58. The topological polar surface area (TPSA) is 58.6 Å². The van der Waals surface area contributed by atoms with Gasteiger partial charge in [-0.25, -0.2) is 4.90 Å². The second-order valence-corrected chi connectivity index (χ2v) is 6.48. The molecule has 0 aliphatic carbocycles. The average Bonchev–Trinajstić information content (AvgIpc) is 2.83. The summed E-state index contributed by atoms with van der Waals surface area (Å²) in [6, 6.07) is 11.5. The third kappa shape index (κ3) is 3.38. The summed E-state index contributed by atoms with van der Waals surface area (Å²) in [4.78, 5) is 26.4. The van der Waals surface area contributed by atoms with Gasteiger partial charge in [-0.3, -0.25) is 9.59 Å². The molecule has 0 spiro atoms. The van der Waals surface area contributed by atoms with Crippen LogP contribution in [0.3, 0.4) is 0 Å². The van der Waals surface area contributed by atoms with Crippen LogP contribution in [0.1, 0.15) is 6.92 Å². The van der Waals surface area contributed by atoms with E-state index in [-0.39, 0.29) is 10.7 Å². The summed E-state index contributed by atoms with van der Waals surface area (Å²) >= 11 is 18.0. The first-order valence-electron chi connectivity index (χ1n) is 7.66. The molecule has 0 saturated carbocycles. The Hall–Kier alpha value is -2.21. The Kier molecular flexibility index (Phi) is 5.41. The van der Waals surface area contributed by atoms with Crippen molar-refractivity contribution in [3.8, 4) is 5.75 Å². The number of hydrogen-bond donors (Lipinski definition) is 1. The highest BCUT2D eigenvalue weighted by Gasteiger charge is 2.40. The number of anilines is 2. The smallest absolute Gasteiger partial charge is 0.283 e. The van der Waals surface area contributed by atoms with Crippen molar-refractivity contribution in [2.24, 2.45) is 0 Å². The number of amides is 2. The molecule has 1 aliphatic heterocycles. The fourth-order valence-corrected chi connectivity index (χ4v) is 2.98. The Bertz CT molecular complexity index is 928.